The van der Waals surface area contributed by atoms with E-state index in [2.05, 4.69) is 9.73 Å². The summed E-state index contributed by atoms with van der Waals surface area (Å²) in [5.74, 6) is -0.430. The fraction of sp³-hybridized carbons (Fsp3) is 0.273. The third kappa shape index (κ3) is 3.55. The first-order chi connectivity index (χ1) is 8.43. The fourth-order valence-corrected chi connectivity index (χ4v) is 1.27. The Bertz CT molecular complexity index is 511. The van der Waals surface area contributed by atoms with Crippen molar-refractivity contribution in [1.82, 2.24) is 0 Å². The predicted molar refractivity (Wildman–Crippen MR) is 66.9 cm³/mol. The van der Waals surface area contributed by atoms with Crippen LogP contribution < -0.4 is 5.73 Å². The second kappa shape index (κ2) is 5.76. The van der Waals surface area contributed by atoms with Gasteiger partial charge >= 0.3 is 5.97 Å². The van der Waals surface area contributed by atoms with Crippen LogP contribution in [0.25, 0.3) is 0 Å². The van der Waals surface area contributed by atoms with E-state index in [-0.39, 0.29) is 17.8 Å². The van der Waals surface area contributed by atoms with Crippen molar-refractivity contribution in [2.75, 3.05) is 12.8 Å². The zero-order valence-corrected chi connectivity index (χ0v) is 10.0. The Kier molecular flexibility index (Phi) is 4.36. The molecule has 0 aromatic heterocycles. The van der Waals surface area contributed by atoms with E-state index >= 15 is 0 Å². The van der Waals surface area contributed by atoms with Crippen LogP contribution in [0.4, 0.5) is 17.1 Å². The van der Waals surface area contributed by atoms with E-state index in [9.17, 15) is 14.9 Å². The first-order valence-electron chi connectivity index (χ1n) is 5.09. The molecule has 0 aliphatic heterocycles. The number of carbonyl (C=O) groups excluding carboxylic acids is 1. The van der Waals surface area contributed by atoms with Crippen molar-refractivity contribution in [2.45, 2.75) is 13.3 Å². The average molecular weight is 251 g/mol. The first kappa shape index (κ1) is 13.6. The number of aliphatic imine (C=N–C) groups is 1. The number of hydrogen-bond donors (Lipinski definition) is 1. The van der Waals surface area contributed by atoms with Crippen LogP contribution in [0.3, 0.4) is 0 Å². The van der Waals surface area contributed by atoms with E-state index in [4.69, 9.17) is 5.73 Å². The number of methoxy groups -OCH3 is 1. The Morgan fingerprint density at radius 2 is 2.22 bits per heavy atom. The lowest BCUT2D eigenvalue weighted by Gasteiger charge is -2.03. The lowest BCUT2D eigenvalue weighted by atomic mass is 10.2. The number of carbonyl (C=O) groups is 1. The molecule has 0 radical (unpaired) electrons. The smallest absolute Gasteiger partial charge is 0.311 e. The van der Waals surface area contributed by atoms with Crippen molar-refractivity contribution in [3.05, 3.63) is 28.3 Å². The van der Waals surface area contributed by atoms with E-state index in [1.54, 1.807) is 6.92 Å². The molecule has 0 heterocycles. The summed E-state index contributed by atoms with van der Waals surface area (Å²) < 4.78 is 4.49. The molecule has 7 nitrogen and oxygen atoms in total. The number of ether oxygens (including phenoxy) is 1. The van der Waals surface area contributed by atoms with Gasteiger partial charge in [0.25, 0.3) is 5.69 Å². The number of nitro groups is 1. The van der Waals surface area contributed by atoms with Gasteiger partial charge in [-0.1, -0.05) is 0 Å². The van der Waals surface area contributed by atoms with Crippen molar-refractivity contribution >= 4 is 28.7 Å². The minimum absolute atomic E-state index is 0.0125. The minimum atomic E-state index is -0.534. The van der Waals surface area contributed by atoms with Crippen molar-refractivity contribution in [1.29, 1.82) is 0 Å². The molecule has 2 N–H and O–H groups in total. The maximum atomic E-state index is 11.0. The molecule has 0 aliphatic carbocycles. The Labute approximate surface area is 103 Å². The highest BCUT2D eigenvalue weighted by Crippen LogP contribution is 2.27. The van der Waals surface area contributed by atoms with Gasteiger partial charge in [0.05, 0.1) is 29.8 Å². The highest BCUT2D eigenvalue weighted by molar-refractivity contribution is 5.99. The quantitative estimate of drug-likeness (QED) is 0.289. The van der Waals surface area contributed by atoms with Gasteiger partial charge in [0.1, 0.15) is 0 Å². The normalized spacial score (nSPS) is 11.1. The van der Waals surface area contributed by atoms with E-state index < -0.39 is 10.9 Å². The Morgan fingerprint density at radius 1 is 1.56 bits per heavy atom. The Morgan fingerprint density at radius 3 is 2.78 bits per heavy atom. The lowest BCUT2D eigenvalue weighted by Crippen LogP contribution is -2.06. The standard InChI is InChI=1S/C11H13N3O4/c1-7(5-11(15)18-2)13-10-6-8(14(16)17)3-4-9(10)12/h3-4,6H,5,12H2,1-2H3. The molecule has 0 aliphatic rings. The third-order valence-electron chi connectivity index (χ3n) is 2.16. The Balaban J connectivity index is 3.02. The van der Waals surface area contributed by atoms with E-state index in [1.807, 2.05) is 0 Å². The molecule has 0 amide bonds. The van der Waals surface area contributed by atoms with E-state index in [0.717, 1.165) is 0 Å². The SMILES string of the molecule is COC(=O)CC(C)=Nc1cc([N+](=O)[O-])ccc1N. The van der Waals surface area contributed by atoms with Gasteiger partial charge in [-0.2, -0.15) is 0 Å². The number of rotatable bonds is 4. The zero-order valence-electron chi connectivity index (χ0n) is 10.0. The van der Waals surface area contributed by atoms with Crippen molar-refractivity contribution < 1.29 is 14.5 Å². The van der Waals surface area contributed by atoms with Crippen LogP contribution in [0.1, 0.15) is 13.3 Å². The number of anilines is 1. The molecule has 0 bridgehead atoms. The van der Waals surface area contributed by atoms with Crippen molar-refractivity contribution in [2.24, 2.45) is 4.99 Å². The summed E-state index contributed by atoms with van der Waals surface area (Å²) in [6.45, 7) is 1.62. The van der Waals surface area contributed by atoms with Gasteiger partial charge in [-0.15, -0.1) is 0 Å². The molecule has 1 aromatic rings. The molecule has 0 atom stereocenters. The van der Waals surface area contributed by atoms with Crippen LogP contribution in [-0.2, 0) is 9.53 Å². The van der Waals surface area contributed by atoms with Gasteiger partial charge in [-0.3, -0.25) is 19.9 Å². The minimum Gasteiger partial charge on any atom is -0.469 e. The van der Waals surface area contributed by atoms with Crippen LogP contribution in [0.15, 0.2) is 23.2 Å². The predicted octanol–water partition coefficient (Wildman–Crippen LogP) is 1.83. The topological polar surface area (TPSA) is 108 Å². The molecule has 0 fully saturated rings. The number of esters is 1. The molecule has 1 rings (SSSR count). The second-order valence-corrected chi connectivity index (χ2v) is 3.60. The van der Waals surface area contributed by atoms with Gasteiger partial charge in [0, 0.05) is 17.8 Å². The fourth-order valence-electron chi connectivity index (χ4n) is 1.27. The monoisotopic (exact) mass is 251 g/mol. The van der Waals surface area contributed by atoms with Gasteiger partial charge in [-0.25, -0.2) is 0 Å². The molecule has 0 spiro atoms. The van der Waals surface area contributed by atoms with Crippen LogP contribution in [-0.4, -0.2) is 23.7 Å². The van der Waals surface area contributed by atoms with Gasteiger partial charge < -0.3 is 10.5 Å². The summed E-state index contributed by atoms with van der Waals surface area (Å²) in [5, 5.41) is 10.6. The van der Waals surface area contributed by atoms with Gasteiger partial charge in [-0.05, 0) is 13.0 Å². The molecule has 1 aromatic carbocycles. The number of non-ortho nitro benzene ring substituents is 1. The number of nitrogens with two attached hydrogens (primary N) is 1. The Hall–Kier alpha value is -2.44. The van der Waals surface area contributed by atoms with Gasteiger partial charge in [0.15, 0.2) is 0 Å². The molecule has 7 heteroatoms. The van der Waals surface area contributed by atoms with Crippen molar-refractivity contribution in [3.8, 4) is 0 Å². The van der Waals surface area contributed by atoms with Crippen LogP contribution >= 0.6 is 0 Å². The second-order valence-electron chi connectivity index (χ2n) is 3.60. The summed E-state index contributed by atoms with van der Waals surface area (Å²) in [5.41, 5.74) is 6.60. The van der Waals surface area contributed by atoms with Crippen LogP contribution in [0.2, 0.25) is 0 Å². The van der Waals surface area contributed by atoms with Crippen molar-refractivity contribution in [3.63, 3.8) is 0 Å². The maximum absolute atomic E-state index is 11.0. The van der Waals surface area contributed by atoms with Crippen LogP contribution in [0, 0.1) is 10.1 Å². The number of nitrogen functional groups attached to an aromatic ring is 1. The molecular weight excluding hydrogens is 238 g/mol. The number of hydrogen-bond acceptors (Lipinski definition) is 6. The third-order valence-corrected chi connectivity index (χ3v) is 2.16. The zero-order chi connectivity index (χ0) is 13.7. The first-order valence-corrected chi connectivity index (χ1v) is 5.09. The largest absolute Gasteiger partial charge is 0.469 e. The molecular formula is C11H13N3O4. The van der Waals surface area contributed by atoms with E-state index in [1.165, 1.54) is 25.3 Å². The van der Waals surface area contributed by atoms with E-state index in [0.29, 0.717) is 11.4 Å². The average Bonchev–Trinajstić information content (AvgIpc) is 2.31. The highest BCUT2D eigenvalue weighted by Gasteiger charge is 2.10. The highest BCUT2D eigenvalue weighted by atomic mass is 16.6. The molecule has 96 valence electrons. The molecule has 0 saturated heterocycles. The van der Waals surface area contributed by atoms with Crippen LogP contribution in [0.5, 0.6) is 0 Å². The summed E-state index contributed by atoms with van der Waals surface area (Å²) in [6.07, 6.45) is 0.0125. The lowest BCUT2D eigenvalue weighted by molar-refractivity contribution is -0.384. The molecule has 0 unspecified atom stereocenters. The number of nitrogens with zero attached hydrogens (tertiary/aromatic N) is 2. The maximum Gasteiger partial charge on any atom is 0.311 e. The molecule has 0 saturated carbocycles. The molecule has 18 heavy (non-hydrogen) atoms. The van der Waals surface area contributed by atoms with Gasteiger partial charge in [0.2, 0.25) is 0 Å². The summed E-state index contributed by atoms with van der Waals surface area (Å²) in [4.78, 5) is 25.2. The number of nitro benzene ring substituents is 1. The summed E-state index contributed by atoms with van der Waals surface area (Å²) in [6, 6.07) is 3.96. The number of benzene rings is 1. The summed E-state index contributed by atoms with van der Waals surface area (Å²) in [7, 11) is 1.28. The summed E-state index contributed by atoms with van der Waals surface area (Å²) >= 11 is 0.